The number of aliphatic imine (C=N–C) groups is 1. The molecule has 2 aliphatic heterocycles. The molecule has 0 bridgehead atoms. The molecule has 3 heterocycles. The lowest BCUT2D eigenvalue weighted by Gasteiger charge is -2.44. The summed E-state index contributed by atoms with van der Waals surface area (Å²) in [5.41, 5.74) is 0.651. The molecule has 3 fully saturated rings. The molecular formula is C24H29F2N5O. The standard InChI is InChI=1S/C24H29F2N5O/c1-29-10-4-8-20(29)15-30-11-5-9-24(16-30)22(27-19-6-2-3-7-19)28-23(32)31(24)21-13-17(25)12-18(26)14-21/h4,8,10,12-14,19H,2-3,5-7,9,11,15-16H2,1H3,(H,27,28,32). The van der Waals surface area contributed by atoms with Crippen molar-refractivity contribution in [3.63, 3.8) is 0 Å². The third kappa shape index (κ3) is 3.81. The maximum Gasteiger partial charge on any atom is 0.328 e. The number of benzene rings is 1. The Balaban J connectivity index is 1.54. The number of rotatable bonds is 4. The first kappa shape index (κ1) is 21.1. The second kappa shape index (κ2) is 8.31. The van der Waals surface area contributed by atoms with Crippen LogP contribution in [0.5, 0.6) is 0 Å². The highest BCUT2D eigenvalue weighted by molar-refractivity contribution is 6.19. The Morgan fingerprint density at radius 3 is 2.59 bits per heavy atom. The molecule has 2 amide bonds. The number of piperidine rings is 1. The maximum absolute atomic E-state index is 14.1. The molecule has 1 saturated carbocycles. The summed E-state index contributed by atoms with van der Waals surface area (Å²) in [6, 6.07) is 7.23. The SMILES string of the molecule is Cn1cccc1CN1CCCC2(C1)C(=NC1CCCC1)NC(=O)N2c1cc(F)cc(F)c1. The van der Waals surface area contributed by atoms with E-state index in [0.29, 0.717) is 18.8 Å². The largest absolute Gasteiger partial charge is 0.353 e. The molecule has 2 saturated heterocycles. The van der Waals surface area contributed by atoms with E-state index in [9.17, 15) is 13.6 Å². The number of halogens is 2. The number of hydrogen-bond donors (Lipinski definition) is 1. The Morgan fingerprint density at radius 1 is 1.16 bits per heavy atom. The van der Waals surface area contributed by atoms with E-state index in [2.05, 4.69) is 20.9 Å². The number of nitrogens with one attached hydrogen (secondary N) is 1. The van der Waals surface area contributed by atoms with E-state index >= 15 is 0 Å². The first-order valence-electron chi connectivity index (χ1n) is 11.4. The molecule has 32 heavy (non-hydrogen) atoms. The van der Waals surface area contributed by atoms with Crippen LogP contribution >= 0.6 is 0 Å². The fourth-order valence-electron chi connectivity index (χ4n) is 5.50. The van der Waals surface area contributed by atoms with Gasteiger partial charge in [-0.05, 0) is 56.5 Å². The summed E-state index contributed by atoms with van der Waals surface area (Å²) in [7, 11) is 2.02. The van der Waals surface area contributed by atoms with Crippen LogP contribution in [0.4, 0.5) is 19.3 Å². The molecule has 2 aromatic rings. The Morgan fingerprint density at radius 2 is 1.91 bits per heavy atom. The van der Waals surface area contributed by atoms with Crippen LogP contribution in [0.2, 0.25) is 0 Å². The number of urea groups is 1. The highest BCUT2D eigenvalue weighted by atomic mass is 19.1. The fourth-order valence-corrected chi connectivity index (χ4v) is 5.50. The van der Waals surface area contributed by atoms with Crippen LogP contribution < -0.4 is 10.2 Å². The molecule has 1 N–H and O–H groups in total. The van der Waals surface area contributed by atoms with E-state index in [-0.39, 0.29) is 17.8 Å². The van der Waals surface area contributed by atoms with Crippen molar-refractivity contribution in [2.45, 2.75) is 56.7 Å². The highest BCUT2D eigenvalue weighted by Crippen LogP contribution is 2.38. The summed E-state index contributed by atoms with van der Waals surface area (Å²) < 4.78 is 30.3. The smallest absolute Gasteiger partial charge is 0.328 e. The van der Waals surface area contributed by atoms with E-state index in [4.69, 9.17) is 4.99 Å². The van der Waals surface area contributed by atoms with Crippen LogP contribution in [0.1, 0.15) is 44.2 Å². The molecule has 8 heteroatoms. The number of amides is 2. The number of carbonyl (C=O) groups is 1. The van der Waals surface area contributed by atoms with Crippen molar-refractivity contribution >= 4 is 17.6 Å². The minimum Gasteiger partial charge on any atom is -0.353 e. The number of carbonyl (C=O) groups excluding carboxylic acids is 1. The molecule has 0 radical (unpaired) electrons. The molecular weight excluding hydrogens is 412 g/mol. The molecule has 1 aromatic carbocycles. The van der Waals surface area contributed by atoms with E-state index < -0.39 is 17.2 Å². The van der Waals surface area contributed by atoms with Gasteiger partial charge in [-0.3, -0.25) is 20.1 Å². The summed E-state index contributed by atoms with van der Waals surface area (Å²) in [4.78, 5) is 22.1. The molecule has 3 aliphatic rings. The van der Waals surface area contributed by atoms with Crippen molar-refractivity contribution in [3.05, 3.63) is 53.9 Å². The first-order chi connectivity index (χ1) is 15.4. The number of nitrogens with zero attached hydrogens (tertiary/aromatic N) is 4. The van der Waals surface area contributed by atoms with Gasteiger partial charge in [-0.1, -0.05) is 12.8 Å². The predicted octanol–water partition coefficient (Wildman–Crippen LogP) is 4.21. The monoisotopic (exact) mass is 441 g/mol. The van der Waals surface area contributed by atoms with E-state index in [1.54, 1.807) is 4.90 Å². The second-order valence-corrected chi connectivity index (χ2v) is 9.27. The third-order valence-electron chi connectivity index (χ3n) is 7.03. The summed E-state index contributed by atoms with van der Waals surface area (Å²) in [6.45, 7) is 2.19. The lowest BCUT2D eigenvalue weighted by molar-refractivity contribution is 0.173. The normalized spacial score (nSPS) is 25.9. The third-order valence-corrected chi connectivity index (χ3v) is 7.03. The van der Waals surface area contributed by atoms with Gasteiger partial charge in [-0.25, -0.2) is 13.6 Å². The van der Waals surface area contributed by atoms with Gasteiger partial charge in [0.05, 0.1) is 11.7 Å². The minimum atomic E-state index is -0.761. The molecule has 6 nitrogen and oxygen atoms in total. The van der Waals surface area contributed by atoms with Crippen LogP contribution in [0, 0.1) is 11.6 Å². The molecule has 5 rings (SSSR count). The van der Waals surface area contributed by atoms with Crippen molar-refractivity contribution in [2.75, 3.05) is 18.0 Å². The maximum atomic E-state index is 14.1. The van der Waals surface area contributed by atoms with Crippen molar-refractivity contribution < 1.29 is 13.6 Å². The number of amidine groups is 1. The second-order valence-electron chi connectivity index (χ2n) is 9.27. The average Bonchev–Trinajstić information content (AvgIpc) is 3.44. The molecule has 1 unspecified atom stereocenters. The molecule has 170 valence electrons. The lowest BCUT2D eigenvalue weighted by Crippen LogP contribution is -2.60. The van der Waals surface area contributed by atoms with Crippen molar-refractivity contribution in [3.8, 4) is 0 Å². The number of likely N-dealkylation sites (tertiary alicyclic amines) is 1. The Bertz CT molecular complexity index is 1020. The minimum absolute atomic E-state index is 0.189. The molecule has 1 atom stereocenters. The van der Waals surface area contributed by atoms with Crippen LogP contribution in [0.15, 0.2) is 41.5 Å². The summed E-state index contributed by atoms with van der Waals surface area (Å²) >= 11 is 0. The predicted molar refractivity (Wildman–Crippen MR) is 120 cm³/mol. The zero-order chi connectivity index (χ0) is 22.3. The summed E-state index contributed by atoms with van der Waals surface area (Å²) in [6.07, 6.45) is 7.87. The Labute approximate surface area is 186 Å². The number of aryl methyl sites for hydroxylation is 1. The summed E-state index contributed by atoms with van der Waals surface area (Å²) in [5, 5.41) is 2.98. The summed E-state index contributed by atoms with van der Waals surface area (Å²) in [5.74, 6) is -0.739. The van der Waals surface area contributed by atoms with E-state index in [1.165, 1.54) is 17.8 Å². The number of hydrogen-bond acceptors (Lipinski definition) is 3. The van der Waals surface area contributed by atoms with Gasteiger partial charge in [0.25, 0.3) is 0 Å². The van der Waals surface area contributed by atoms with Crippen LogP contribution in [-0.2, 0) is 13.6 Å². The van der Waals surface area contributed by atoms with Crippen LogP contribution in [-0.4, -0.2) is 46.0 Å². The zero-order valence-electron chi connectivity index (χ0n) is 18.4. The quantitative estimate of drug-likeness (QED) is 0.773. The van der Waals surface area contributed by atoms with Gasteiger partial charge < -0.3 is 4.57 Å². The van der Waals surface area contributed by atoms with Gasteiger partial charge in [0.2, 0.25) is 0 Å². The van der Waals surface area contributed by atoms with Gasteiger partial charge in [0.1, 0.15) is 23.0 Å². The number of anilines is 1. The van der Waals surface area contributed by atoms with Crippen molar-refractivity contribution in [1.82, 2.24) is 14.8 Å². The topological polar surface area (TPSA) is 52.9 Å². The van der Waals surface area contributed by atoms with Gasteiger partial charge in [0.15, 0.2) is 0 Å². The zero-order valence-corrected chi connectivity index (χ0v) is 18.4. The van der Waals surface area contributed by atoms with Gasteiger partial charge in [-0.15, -0.1) is 0 Å². The van der Waals surface area contributed by atoms with Crippen molar-refractivity contribution in [1.29, 1.82) is 0 Å². The Kier molecular flexibility index (Phi) is 5.49. The van der Waals surface area contributed by atoms with Crippen molar-refractivity contribution in [2.24, 2.45) is 12.0 Å². The lowest BCUT2D eigenvalue weighted by atomic mass is 9.86. The molecule has 1 spiro atoms. The van der Waals surface area contributed by atoms with Gasteiger partial charge >= 0.3 is 6.03 Å². The number of aromatic nitrogens is 1. The van der Waals surface area contributed by atoms with E-state index in [0.717, 1.165) is 51.3 Å². The van der Waals surface area contributed by atoms with Crippen LogP contribution in [0.3, 0.4) is 0 Å². The first-order valence-corrected chi connectivity index (χ1v) is 11.4. The average molecular weight is 442 g/mol. The van der Waals surface area contributed by atoms with E-state index in [1.807, 2.05) is 19.3 Å². The molecule has 1 aromatic heterocycles. The van der Waals surface area contributed by atoms with Gasteiger partial charge in [-0.2, -0.15) is 0 Å². The highest BCUT2D eigenvalue weighted by Gasteiger charge is 2.54. The van der Waals surface area contributed by atoms with Gasteiger partial charge in [0, 0.05) is 38.1 Å². The molecule has 1 aliphatic carbocycles. The Hall–Kier alpha value is -2.74. The van der Waals surface area contributed by atoms with Crippen LogP contribution in [0.25, 0.3) is 0 Å². The fraction of sp³-hybridized carbons (Fsp3) is 0.500.